The predicted octanol–water partition coefficient (Wildman–Crippen LogP) is 4.72. The SMILES string of the molecule is COc1cccc2c1CN(C(=S)NC(c1ccccc1)c1ccccc1)CC2. The van der Waals surface area contributed by atoms with Crippen LogP contribution in [0.4, 0.5) is 0 Å². The second-order valence-electron chi connectivity index (χ2n) is 6.97. The second kappa shape index (κ2) is 8.44. The van der Waals surface area contributed by atoms with Gasteiger partial charge in [-0.3, -0.25) is 0 Å². The van der Waals surface area contributed by atoms with Crippen LogP contribution in [0.1, 0.15) is 28.3 Å². The van der Waals surface area contributed by atoms with Gasteiger partial charge in [-0.05, 0) is 41.4 Å². The molecular weight excluding hydrogens is 364 g/mol. The summed E-state index contributed by atoms with van der Waals surface area (Å²) in [5, 5.41) is 4.38. The number of ether oxygens (including phenoxy) is 1. The number of nitrogens with zero attached hydrogens (tertiary/aromatic N) is 1. The monoisotopic (exact) mass is 388 g/mol. The highest BCUT2D eigenvalue weighted by Crippen LogP contribution is 2.29. The van der Waals surface area contributed by atoms with E-state index in [2.05, 4.69) is 70.9 Å². The Balaban J connectivity index is 1.57. The number of methoxy groups -OCH3 is 1. The maximum atomic E-state index is 5.83. The van der Waals surface area contributed by atoms with Crippen molar-refractivity contribution in [3.8, 4) is 5.75 Å². The van der Waals surface area contributed by atoms with Gasteiger partial charge in [0.25, 0.3) is 0 Å². The summed E-state index contributed by atoms with van der Waals surface area (Å²) in [6, 6.07) is 27.2. The van der Waals surface area contributed by atoms with E-state index in [9.17, 15) is 0 Å². The molecule has 0 aromatic heterocycles. The fourth-order valence-corrected chi connectivity index (χ4v) is 4.05. The summed E-state index contributed by atoms with van der Waals surface area (Å²) >= 11 is 5.83. The lowest BCUT2D eigenvalue weighted by Crippen LogP contribution is -2.44. The van der Waals surface area contributed by atoms with Crippen molar-refractivity contribution in [2.24, 2.45) is 0 Å². The highest BCUT2D eigenvalue weighted by Gasteiger charge is 2.23. The van der Waals surface area contributed by atoms with E-state index >= 15 is 0 Å². The summed E-state index contributed by atoms with van der Waals surface area (Å²) < 4.78 is 5.57. The number of benzene rings is 3. The summed E-state index contributed by atoms with van der Waals surface area (Å²) in [6.07, 6.45) is 0.968. The van der Waals surface area contributed by atoms with Crippen molar-refractivity contribution in [2.75, 3.05) is 13.7 Å². The Morgan fingerprint density at radius 3 is 2.18 bits per heavy atom. The Kier molecular flexibility index (Phi) is 5.58. The predicted molar refractivity (Wildman–Crippen MR) is 118 cm³/mol. The average molecular weight is 389 g/mol. The van der Waals surface area contributed by atoms with Crippen LogP contribution >= 0.6 is 12.2 Å². The molecule has 28 heavy (non-hydrogen) atoms. The summed E-state index contributed by atoms with van der Waals surface area (Å²) in [5.41, 5.74) is 4.98. The van der Waals surface area contributed by atoms with Crippen LogP contribution in [-0.2, 0) is 13.0 Å². The zero-order chi connectivity index (χ0) is 19.3. The van der Waals surface area contributed by atoms with Crippen LogP contribution in [0.3, 0.4) is 0 Å². The third-order valence-electron chi connectivity index (χ3n) is 5.27. The maximum Gasteiger partial charge on any atom is 0.170 e. The van der Waals surface area contributed by atoms with Gasteiger partial charge in [0.15, 0.2) is 5.11 Å². The summed E-state index contributed by atoms with van der Waals surface area (Å²) in [7, 11) is 1.73. The molecule has 0 fully saturated rings. The highest BCUT2D eigenvalue weighted by atomic mass is 32.1. The van der Waals surface area contributed by atoms with Crippen molar-refractivity contribution in [3.63, 3.8) is 0 Å². The van der Waals surface area contributed by atoms with Crippen molar-refractivity contribution < 1.29 is 4.74 Å². The van der Waals surface area contributed by atoms with Crippen LogP contribution in [0.25, 0.3) is 0 Å². The van der Waals surface area contributed by atoms with Gasteiger partial charge in [-0.25, -0.2) is 0 Å². The largest absolute Gasteiger partial charge is 0.496 e. The molecule has 3 aromatic rings. The van der Waals surface area contributed by atoms with Gasteiger partial charge in [0, 0.05) is 18.7 Å². The van der Waals surface area contributed by atoms with Gasteiger partial charge in [-0.15, -0.1) is 0 Å². The molecule has 0 aliphatic carbocycles. The molecule has 1 aliphatic rings. The minimum Gasteiger partial charge on any atom is -0.496 e. The Hall–Kier alpha value is -2.85. The molecule has 0 atom stereocenters. The number of fused-ring (bicyclic) bond motifs is 1. The molecule has 4 heteroatoms. The number of nitrogens with one attached hydrogen (secondary N) is 1. The van der Waals surface area contributed by atoms with E-state index in [0.29, 0.717) is 0 Å². The van der Waals surface area contributed by atoms with Crippen molar-refractivity contribution in [2.45, 2.75) is 19.0 Å². The fraction of sp³-hybridized carbons (Fsp3) is 0.208. The van der Waals surface area contributed by atoms with E-state index in [4.69, 9.17) is 17.0 Å². The number of rotatable bonds is 4. The standard InChI is InChI=1S/C24H24N2OS/c1-27-22-14-8-13-18-15-16-26(17-21(18)22)24(28)25-23(19-9-4-2-5-10-19)20-11-6-3-7-12-20/h2-14,23H,15-17H2,1H3,(H,25,28). The van der Waals surface area contributed by atoms with Crippen molar-refractivity contribution in [1.82, 2.24) is 10.2 Å². The zero-order valence-electron chi connectivity index (χ0n) is 16.0. The van der Waals surface area contributed by atoms with Crippen LogP contribution in [-0.4, -0.2) is 23.7 Å². The van der Waals surface area contributed by atoms with Crippen LogP contribution in [0.5, 0.6) is 5.75 Å². The van der Waals surface area contributed by atoms with Crippen LogP contribution in [0.2, 0.25) is 0 Å². The Labute approximate surface area is 172 Å². The molecule has 1 N–H and O–H groups in total. The fourth-order valence-electron chi connectivity index (χ4n) is 3.78. The van der Waals surface area contributed by atoms with Crippen molar-refractivity contribution in [3.05, 3.63) is 101 Å². The topological polar surface area (TPSA) is 24.5 Å². The maximum absolute atomic E-state index is 5.83. The van der Waals surface area contributed by atoms with Crippen LogP contribution in [0, 0.1) is 0 Å². The Bertz CT molecular complexity index is 890. The molecule has 0 radical (unpaired) electrons. The molecule has 1 heterocycles. The summed E-state index contributed by atoms with van der Waals surface area (Å²) in [5.74, 6) is 0.938. The molecule has 4 rings (SSSR count). The third-order valence-corrected chi connectivity index (χ3v) is 5.65. The number of thiocarbonyl (C=S) groups is 1. The van der Waals surface area contributed by atoms with Gasteiger partial charge in [0.2, 0.25) is 0 Å². The van der Waals surface area contributed by atoms with E-state index in [0.717, 1.165) is 30.4 Å². The first-order chi connectivity index (χ1) is 13.8. The molecule has 0 saturated heterocycles. The van der Waals surface area contributed by atoms with E-state index < -0.39 is 0 Å². The quantitative estimate of drug-likeness (QED) is 0.654. The Morgan fingerprint density at radius 2 is 1.57 bits per heavy atom. The van der Waals surface area contributed by atoms with Gasteiger partial charge in [-0.2, -0.15) is 0 Å². The lowest BCUT2D eigenvalue weighted by Gasteiger charge is -2.34. The number of hydrogen-bond acceptors (Lipinski definition) is 2. The molecule has 0 unspecified atom stereocenters. The molecule has 0 spiro atoms. The summed E-state index contributed by atoms with van der Waals surface area (Å²) in [6.45, 7) is 1.67. The van der Waals surface area contributed by atoms with Crippen molar-refractivity contribution in [1.29, 1.82) is 0 Å². The van der Waals surface area contributed by atoms with Gasteiger partial charge in [0.1, 0.15) is 5.75 Å². The lowest BCUT2D eigenvalue weighted by molar-refractivity contribution is 0.357. The molecule has 0 bridgehead atoms. The molecular formula is C24H24N2OS. The minimum atomic E-state index is 0.0222. The smallest absolute Gasteiger partial charge is 0.170 e. The Morgan fingerprint density at radius 1 is 0.929 bits per heavy atom. The van der Waals surface area contributed by atoms with Crippen LogP contribution < -0.4 is 10.1 Å². The molecule has 0 amide bonds. The third kappa shape index (κ3) is 3.87. The van der Waals surface area contributed by atoms with E-state index in [-0.39, 0.29) is 6.04 Å². The molecule has 3 nitrogen and oxygen atoms in total. The van der Waals surface area contributed by atoms with E-state index in [1.165, 1.54) is 22.3 Å². The molecule has 0 saturated carbocycles. The van der Waals surface area contributed by atoms with Gasteiger partial charge in [0.05, 0.1) is 13.2 Å². The highest BCUT2D eigenvalue weighted by molar-refractivity contribution is 7.80. The zero-order valence-corrected chi connectivity index (χ0v) is 16.8. The van der Waals surface area contributed by atoms with E-state index in [1.807, 2.05) is 18.2 Å². The first-order valence-corrected chi connectivity index (χ1v) is 9.97. The van der Waals surface area contributed by atoms with Gasteiger partial charge >= 0.3 is 0 Å². The first kappa shape index (κ1) is 18.5. The normalized spacial score (nSPS) is 13.1. The second-order valence-corrected chi connectivity index (χ2v) is 7.36. The minimum absolute atomic E-state index is 0.0222. The first-order valence-electron chi connectivity index (χ1n) is 9.56. The molecule has 1 aliphatic heterocycles. The molecule has 3 aromatic carbocycles. The summed E-state index contributed by atoms with van der Waals surface area (Å²) in [4.78, 5) is 2.24. The van der Waals surface area contributed by atoms with Crippen molar-refractivity contribution >= 4 is 17.3 Å². The lowest BCUT2D eigenvalue weighted by atomic mass is 9.98. The number of hydrogen-bond donors (Lipinski definition) is 1. The van der Waals surface area contributed by atoms with Crippen LogP contribution in [0.15, 0.2) is 78.9 Å². The van der Waals surface area contributed by atoms with Gasteiger partial charge < -0.3 is 15.0 Å². The molecule has 142 valence electrons. The van der Waals surface area contributed by atoms with E-state index in [1.54, 1.807) is 7.11 Å². The van der Waals surface area contributed by atoms with Gasteiger partial charge in [-0.1, -0.05) is 72.8 Å². The average Bonchev–Trinajstić information content (AvgIpc) is 2.77.